The molecule has 1 aromatic carbocycles. The Morgan fingerprint density at radius 3 is 2.19 bits per heavy atom. The molecule has 0 aliphatic rings. The second-order valence-corrected chi connectivity index (χ2v) is 8.20. The Bertz CT molecular complexity index is 586. The summed E-state index contributed by atoms with van der Waals surface area (Å²) >= 11 is 1.83. The number of rotatable bonds is 9. The first-order chi connectivity index (χ1) is 12.4. The Morgan fingerprint density at radius 2 is 1.70 bits per heavy atom. The van der Waals surface area contributed by atoms with Crippen LogP contribution >= 0.6 is 35.7 Å². The van der Waals surface area contributed by atoms with E-state index >= 15 is 0 Å². The molecular formula is C20H35IN4OS. The molecule has 0 bridgehead atoms. The summed E-state index contributed by atoms with van der Waals surface area (Å²) in [7, 11) is 0. The van der Waals surface area contributed by atoms with Gasteiger partial charge in [-0.3, -0.25) is 4.79 Å². The molecule has 0 aromatic heterocycles. The van der Waals surface area contributed by atoms with Gasteiger partial charge in [-0.1, -0.05) is 12.1 Å². The normalized spacial score (nSPS) is 11.6. The SMILES string of the molecule is CCNC(=NCc1ccc(C(=O)N(CC)CC)cc1)NCC(C)(C)SC.I. The van der Waals surface area contributed by atoms with Crippen LogP contribution in [0.15, 0.2) is 29.3 Å². The fourth-order valence-corrected chi connectivity index (χ4v) is 2.54. The molecule has 2 N–H and O–H groups in total. The first-order valence-corrected chi connectivity index (χ1v) is 10.5. The third-order valence-corrected chi connectivity index (χ3v) is 5.50. The second-order valence-electron chi connectivity index (χ2n) is 6.69. The number of benzene rings is 1. The minimum atomic E-state index is 0. The second kappa shape index (κ2) is 13.3. The van der Waals surface area contributed by atoms with Gasteiger partial charge in [0.1, 0.15) is 0 Å². The predicted molar refractivity (Wildman–Crippen MR) is 130 cm³/mol. The zero-order chi connectivity index (χ0) is 19.6. The third-order valence-electron chi connectivity index (χ3n) is 4.25. The largest absolute Gasteiger partial charge is 0.357 e. The molecule has 0 radical (unpaired) electrons. The van der Waals surface area contributed by atoms with Crippen molar-refractivity contribution in [2.24, 2.45) is 4.99 Å². The van der Waals surface area contributed by atoms with E-state index in [4.69, 9.17) is 0 Å². The fourth-order valence-electron chi connectivity index (χ4n) is 2.33. The molecule has 0 fully saturated rings. The number of aliphatic imine (C=N–C) groups is 1. The van der Waals surface area contributed by atoms with Crippen LogP contribution in [0.25, 0.3) is 0 Å². The minimum absolute atomic E-state index is 0. The molecule has 0 heterocycles. The number of nitrogens with one attached hydrogen (secondary N) is 2. The van der Waals surface area contributed by atoms with E-state index in [-0.39, 0.29) is 34.6 Å². The number of nitrogens with zero attached hydrogens (tertiary/aromatic N) is 2. The van der Waals surface area contributed by atoms with E-state index in [0.29, 0.717) is 6.54 Å². The van der Waals surface area contributed by atoms with Crippen molar-refractivity contribution >= 4 is 47.6 Å². The summed E-state index contributed by atoms with van der Waals surface area (Å²) in [5.41, 5.74) is 1.82. The van der Waals surface area contributed by atoms with Crippen LogP contribution in [-0.2, 0) is 6.54 Å². The number of thioether (sulfide) groups is 1. The first-order valence-electron chi connectivity index (χ1n) is 9.32. The van der Waals surface area contributed by atoms with Gasteiger partial charge in [0.05, 0.1) is 6.54 Å². The van der Waals surface area contributed by atoms with Gasteiger partial charge in [0.2, 0.25) is 0 Å². The summed E-state index contributed by atoms with van der Waals surface area (Å²) in [6, 6.07) is 7.75. The molecule has 0 saturated heterocycles. The highest BCUT2D eigenvalue weighted by atomic mass is 127. The number of carbonyl (C=O) groups is 1. The number of guanidine groups is 1. The molecule has 27 heavy (non-hydrogen) atoms. The lowest BCUT2D eigenvalue weighted by molar-refractivity contribution is 0.0773. The maximum Gasteiger partial charge on any atom is 0.253 e. The monoisotopic (exact) mass is 506 g/mol. The van der Waals surface area contributed by atoms with Gasteiger partial charge in [-0.15, -0.1) is 24.0 Å². The van der Waals surface area contributed by atoms with E-state index in [0.717, 1.165) is 43.3 Å². The quantitative estimate of drug-likeness (QED) is 0.302. The van der Waals surface area contributed by atoms with Crippen LogP contribution in [0.2, 0.25) is 0 Å². The number of carbonyl (C=O) groups excluding carboxylic acids is 1. The minimum Gasteiger partial charge on any atom is -0.357 e. The summed E-state index contributed by atoms with van der Waals surface area (Å²) in [6.45, 7) is 14.2. The summed E-state index contributed by atoms with van der Waals surface area (Å²) in [5, 5.41) is 6.68. The standard InChI is InChI=1S/C20H34N4OS.HI/c1-7-21-19(23-15-20(4,5)26-6)22-14-16-10-12-17(13-11-16)18(25)24(8-2)9-3;/h10-13H,7-9,14-15H2,1-6H3,(H2,21,22,23);1H. The number of hydrogen-bond acceptors (Lipinski definition) is 3. The van der Waals surface area contributed by atoms with Gasteiger partial charge in [0.15, 0.2) is 5.96 Å². The molecule has 0 saturated carbocycles. The smallest absolute Gasteiger partial charge is 0.253 e. The Balaban J connectivity index is 0.00000676. The van der Waals surface area contributed by atoms with Crippen molar-refractivity contribution in [2.45, 2.75) is 45.9 Å². The van der Waals surface area contributed by atoms with Crippen LogP contribution in [0.5, 0.6) is 0 Å². The van der Waals surface area contributed by atoms with Crippen molar-refractivity contribution < 1.29 is 4.79 Å². The maximum absolute atomic E-state index is 12.4. The van der Waals surface area contributed by atoms with Crippen molar-refractivity contribution in [3.8, 4) is 0 Å². The van der Waals surface area contributed by atoms with Crippen LogP contribution < -0.4 is 10.6 Å². The molecule has 154 valence electrons. The molecule has 0 aliphatic heterocycles. The van der Waals surface area contributed by atoms with E-state index in [9.17, 15) is 4.79 Å². The Hall–Kier alpha value is -0.960. The van der Waals surface area contributed by atoms with E-state index in [1.165, 1.54) is 0 Å². The lowest BCUT2D eigenvalue weighted by Crippen LogP contribution is -2.43. The van der Waals surface area contributed by atoms with Crippen molar-refractivity contribution in [2.75, 3.05) is 32.4 Å². The third kappa shape index (κ3) is 9.19. The average Bonchev–Trinajstić information content (AvgIpc) is 2.65. The molecule has 1 rings (SSSR count). The van der Waals surface area contributed by atoms with Crippen molar-refractivity contribution in [1.82, 2.24) is 15.5 Å². The summed E-state index contributed by atoms with van der Waals surface area (Å²) in [6.07, 6.45) is 2.12. The molecule has 1 aromatic rings. The highest BCUT2D eigenvalue weighted by Crippen LogP contribution is 2.19. The molecular weight excluding hydrogens is 471 g/mol. The lowest BCUT2D eigenvalue weighted by Gasteiger charge is -2.23. The van der Waals surface area contributed by atoms with E-state index in [2.05, 4.69) is 42.7 Å². The van der Waals surface area contributed by atoms with Gasteiger partial charge in [-0.05, 0) is 58.6 Å². The molecule has 0 spiro atoms. The summed E-state index contributed by atoms with van der Waals surface area (Å²) < 4.78 is 0.155. The number of hydrogen-bond donors (Lipinski definition) is 2. The Kier molecular flexibility index (Phi) is 12.8. The zero-order valence-electron chi connectivity index (χ0n) is 17.5. The molecule has 0 atom stereocenters. The first kappa shape index (κ1) is 26.0. The van der Waals surface area contributed by atoms with Gasteiger partial charge >= 0.3 is 0 Å². The van der Waals surface area contributed by atoms with Crippen LogP contribution in [-0.4, -0.2) is 53.9 Å². The van der Waals surface area contributed by atoms with Crippen LogP contribution in [0, 0.1) is 0 Å². The van der Waals surface area contributed by atoms with Crippen molar-refractivity contribution in [1.29, 1.82) is 0 Å². The van der Waals surface area contributed by atoms with E-state index in [1.807, 2.05) is 54.8 Å². The topological polar surface area (TPSA) is 56.7 Å². The molecule has 0 aliphatic carbocycles. The maximum atomic E-state index is 12.4. The Morgan fingerprint density at radius 1 is 1.11 bits per heavy atom. The van der Waals surface area contributed by atoms with Gasteiger partial charge < -0.3 is 15.5 Å². The zero-order valence-corrected chi connectivity index (χ0v) is 20.6. The number of halogens is 1. The van der Waals surface area contributed by atoms with Crippen molar-refractivity contribution in [3.63, 3.8) is 0 Å². The predicted octanol–water partition coefficient (Wildman–Crippen LogP) is 3.98. The Labute approximate surface area is 186 Å². The van der Waals surface area contributed by atoms with Gasteiger partial charge in [0.25, 0.3) is 5.91 Å². The molecule has 7 heteroatoms. The van der Waals surface area contributed by atoms with E-state index < -0.39 is 0 Å². The highest BCUT2D eigenvalue weighted by molar-refractivity contribution is 14.0. The highest BCUT2D eigenvalue weighted by Gasteiger charge is 2.16. The van der Waals surface area contributed by atoms with Gasteiger partial charge in [-0.25, -0.2) is 4.99 Å². The van der Waals surface area contributed by atoms with Crippen LogP contribution in [0.1, 0.15) is 50.5 Å². The molecule has 1 amide bonds. The summed E-state index contributed by atoms with van der Waals surface area (Å²) in [4.78, 5) is 18.8. The fraction of sp³-hybridized carbons (Fsp3) is 0.600. The lowest BCUT2D eigenvalue weighted by atomic mass is 10.1. The number of amides is 1. The van der Waals surface area contributed by atoms with Crippen LogP contribution in [0.4, 0.5) is 0 Å². The molecule has 0 unspecified atom stereocenters. The average molecular weight is 506 g/mol. The van der Waals surface area contributed by atoms with Crippen molar-refractivity contribution in [3.05, 3.63) is 35.4 Å². The van der Waals surface area contributed by atoms with E-state index in [1.54, 1.807) is 0 Å². The van der Waals surface area contributed by atoms with Crippen LogP contribution in [0.3, 0.4) is 0 Å². The molecule has 5 nitrogen and oxygen atoms in total. The summed E-state index contributed by atoms with van der Waals surface area (Å²) in [5.74, 6) is 0.900. The van der Waals surface area contributed by atoms with Gasteiger partial charge in [0, 0.05) is 36.5 Å². The van der Waals surface area contributed by atoms with Gasteiger partial charge in [-0.2, -0.15) is 11.8 Å².